The van der Waals surface area contributed by atoms with Crippen LogP contribution in [0.15, 0.2) is 78.0 Å². The van der Waals surface area contributed by atoms with Gasteiger partial charge in [-0.05, 0) is 42.0 Å². The SMILES string of the molecule is N#Cc1ccccc1S(=O)(=O)N(Cc1cccnc1)c1cccc(Cl)c1. The van der Waals surface area contributed by atoms with E-state index in [1.807, 2.05) is 6.07 Å². The lowest BCUT2D eigenvalue weighted by Crippen LogP contribution is -2.31. The van der Waals surface area contributed by atoms with E-state index in [9.17, 15) is 13.7 Å². The highest BCUT2D eigenvalue weighted by molar-refractivity contribution is 7.92. The van der Waals surface area contributed by atoms with Crippen LogP contribution in [-0.2, 0) is 16.6 Å². The monoisotopic (exact) mass is 383 g/mol. The maximum absolute atomic E-state index is 13.3. The molecule has 0 aliphatic heterocycles. The molecule has 3 rings (SSSR count). The summed E-state index contributed by atoms with van der Waals surface area (Å²) in [6.07, 6.45) is 3.22. The zero-order chi connectivity index (χ0) is 18.6. The molecule has 1 aromatic heterocycles. The fraction of sp³-hybridized carbons (Fsp3) is 0.0526. The normalized spacial score (nSPS) is 10.9. The molecule has 2 aromatic carbocycles. The van der Waals surface area contributed by atoms with E-state index in [2.05, 4.69) is 4.98 Å². The van der Waals surface area contributed by atoms with Crippen LogP contribution in [0.4, 0.5) is 5.69 Å². The molecule has 3 aromatic rings. The van der Waals surface area contributed by atoms with Crippen LogP contribution in [0.3, 0.4) is 0 Å². The number of hydrogen-bond donors (Lipinski definition) is 0. The predicted molar refractivity (Wildman–Crippen MR) is 100 cm³/mol. The lowest BCUT2D eigenvalue weighted by Gasteiger charge is -2.25. The molecule has 7 heteroatoms. The quantitative estimate of drug-likeness (QED) is 0.667. The number of sulfonamides is 1. The Morgan fingerprint density at radius 2 is 1.88 bits per heavy atom. The van der Waals surface area contributed by atoms with Crippen molar-refractivity contribution in [1.82, 2.24) is 4.98 Å². The van der Waals surface area contributed by atoms with E-state index in [1.165, 1.54) is 16.4 Å². The molecule has 0 unspecified atom stereocenters. The van der Waals surface area contributed by atoms with Crippen molar-refractivity contribution >= 4 is 27.3 Å². The van der Waals surface area contributed by atoms with Crippen LogP contribution in [0, 0.1) is 11.3 Å². The van der Waals surface area contributed by atoms with Gasteiger partial charge in [-0.15, -0.1) is 0 Å². The van der Waals surface area contributed by atoms with Crippen LogP contribution in [0.25, 0.3) is 0 Å². The Morgan fingerprint density at radius 3 is 2.58 bits per heavy atom. The molecule has 0 amide bonds. The van der Waals surface area contributed by atoms with Gasteiger partial charge in [-0.3, -0.25) is 9.29 Å². The second kappa shape index (κ2) is 7.56. The highest BCUT2D eigenvalue weighted by atomic mass is 35.5. The first-order valence-corrected chi connectivity index (χ1v) is 9.50. The highest BCUT2D eigenvalue weighted by Gasteiger charge is 2.27. The summed E-state index contributed by atoms with van der Waals surface area (Å²) in [5, 5.41) is 9.72. The minimum absolute atomic E-state index is 0.0497. The molecule has 0 fully saturated rings. The minimum Gasteiger partial charge on any atom is -0.264 e. The number of hydrogen-bond acceptors (Lipinski definition) is 4. The van der Waals surface area contributed by atoms with E-state index in [4.69, 9.17) is 11.6 Å². The van der Waals surface area contributed by atoms with Crippen molar-refractivity contribution in [2.24, 2.45) is 0 Å². The molecule has 0 saturated carbocycles. The third-order valence-corrected chi connectivity index (χ3v) is 5.79. The standard InChI is InChI=1S/C19H14ClN3O2S/c20-17-7-3-8-18(11-17)23(14-15-5-4-10-22-13-15)26(24,25)19-9-2-1-6-16(19)12-21/h1-11,13H,14H2. The Labute approximate surface area is 157 Å². The summed E-state index contributed by atoms with van der Waals surface area (Å²) in [5.74, 6) is 0. The molecule has 0 atom stereocenters. The van der Waals surface area contributed by atoms with Gasteiger partial charge in [0.25, 0.3) is 10.0 Å². The Balaban J connectivity index is 2.15. The largest absolute Gasteiger partial charge is 0.265 e. The van der Waals surface area contributed by atoms with Crippen molar-refractivity contribution < 1.29 is 8.42 Å². The Bertz CT molecular complexity index is 1060. The molecule has 0 N–H and O–H groups in total. The molecule has 130 valence electrons. The summed E-state index contributed by atoms with van der Waals surface area (Å²) in [4.78, 5) is 3.99. The van der Waals surface area contributed by atoms with Gasteiger partial charge in [-0.25, -0.2) is 8.42 Å². The van der Waals surface area contributed by atoms with Gasteiger partial charge in [0.15, 0.2) is 0 Å². The first-order valence-electron chi connectivity index (χ1n) is 7.69. The summed E-state index contributed by atoms with van der Waals surface area (Å²) in [6, 6.07) is 18.2. The van der Waals surface area contributed by atoms with Crippen molar-refractivity contribution in [2.45, 2.75) is 11.4 Å². The van der Waals surface area contributed by atoms with E-state index < -0.39 is 10.0 Å². The van der Waals surface area contributed by atoms with Crippen molar-refractivity contribution in [2.75, 3.05) is 4.31 Å². The topological polar surface area (TPSA) is 74.1 Å². The summed E-state index contributed by atoms with van der Waals surface area (Å²) in [7, 11) is -3.99. The van der Waals surface area contributed by atoms with Gasteiger partial charge in [0.2, 0.25) is 0 Å². The molecule has 26 heavy (non-hydrogen) atoms. The molecule has 1 heterocycles. The van der Waals surface area contributed by atoms with Gasteiger partial charge in [0.05, 0.1) is 17.8 Å². The fourth-order valence-corrected chi connectivity index (χ4v) is 4.28. The molecule has 0 spiro atoms. The lowest BCUT2D eigenvalue weighted by atomic mass is 10.2. The van der Waals surface area contributed by atoms with Gasteiger partial charge in [-0.1, -0.05) is 35.9 Å². The van der Waals surface area contributed by atoms with Crippen molar-refractivity contribution in [1.29, 1.82) is 5.26 Å². The van der Waals surface area contributed by atoms with E-state index in [-0.39, 0.29) is 17.0 Å². The van der Waals surface area contributed by atoms with Gasteiger partial charge in [-0.2, -0.15) is 5.26 Å². The Kier molecular flexibility index (Phi) is 5.21. The number of rotatable bonds is 5. The van der Waals surface area contributed by atoms with Gasteiger partial charge in [0, 0.05) is 17.4 Å². The zero-order valence-corrected chi connectivity index (χ0v) is 15.2. The number of anilines is 1. The molecular weight excluding hydrogens is 370 g/mol. The zero-order valence-electron chi connectivity index (χ0n) is 13.6. The van der Waals surface area contributed by atoms with E-state index in [1.54, 1.807) is 60.9 Å². The highest BCUT2D eigenvalue weighted by Crippen LogP contribution is 2.29. The van der Waals surface area contributed by atoms with E-state index >= 15 is 0 Å². The van der Waals surface area contributed by atoms with Gasteiger partial charge in [0.1, 0.15) is 11.0 Å². The second-order valence-corrected chi connectivity index (χ2v) is 7.73. The number of nitriles is 1. The average molecular weight is 384 g/mol. The van der Waals surface area contributed by atoms with Gasteiger partial charge >= 0.3 is 0 Å². The van der Waals surface area contributed by atoms with Crippen molar-refractivity contribution in [3.63, 3.8) is 0 Å². The summed E-state index contributed by atoms with van der Waals surface area (Å²) >= 11 is 6.06. The predicted octanol–water partition coefficient (Wildman–Crippen LogP) is 4.00. The summed E-state index contributed by atoms with van der Waals surface area (Å²) in [6.45, 7) is 0.0658. The minimum atomic E-state index is -3.99. The van der Waals surface area contributed by atoms with Crippen LogP contribution in [0.1, 0.15) is 11.1 Å². The van der Waals surface area contributed by atoms with Gasteiger partial charge < -0.3 is 0 Å². The lowest BCUT2D eigenvalue weighted by molar-refractivity contribution is 0.590. The van der Waals surface area contributed by atoms with Crippen LogP contribution in [0.5, 0.6) is 0 Å². The summed E-state index contributed by atoms with van der Waals surface area (Å²) < 4.78 is 27.9. The molecule has 0 aliphatic rings. The number of pyridine rings is 1. The molecule has 0 aliphatic carbocycles. The Hall–Kier alpha value is -2.88. The molecule has 0 radical (unpaired) electrons. The molecule has 0 saturated heterocycles. The smallest absolute Gasteiger partial charge is 0.264 e. The molecule has 0 bridgehead atoms. The number of nitrogens with zero attached hydrogens (tertiary/aromatic N) is 3. The fourth-order valence-electron chi connectivity index (χ4n) is 2.51. The van der Waals surface area contributed by atoms with E-state index in [0.29, 0.717) is 16.3 Å². The maximum atomic E-state index is 13.3. The second-order valence-electron chi connectivity index (χ2n) is 5.46. The van der Waals surface area contributed by atoms with Crippen LogP contribution in [-0.4, -0.2) is 13.4 Å². The first kappa shape index (κ1) is 17.9. The molecule has 5 nitrogen and oxygen atoms in total. The first-order chi connectivity index (χ1) is 12.5. The number of benzene rings is 2. The third-order valence-electron chi connectivity index (χ3n) is 3.72. The number of aromatic nitrogens is 1. The molecular formula is C19H14ClN3O2S. The van der Waals surface area contributed by atoms with Crippen molar-refractivity contribution in [3.8, 4) is 6.07 Å². The third kappa shape index (κ3) is 3.69. The van der Waals surface area contributed by atoms with Crippen LogP contribution < -0.4 is 4.31 Å². The number of halogens is 1. The van der Waals surface area contributed by atoms with E-state index in [0.717, 1.165) is 0 Å². The Morgan fingerprint density at radius 1 is 1.08 bits per heavy atom. The van der Waals surface area contributed by atoms with Crippen molar-refractivity contribution in [3.05, 3.63) is 89.2 Å². The van der Waals surface area contributed by atoms with Crippen LogP contribution in [0.2, 0.25) is 5.02 Å². The average Bonchev–Trinajstić information content (AvgIpc) is 2.66. The summed E-state index contributed by atoms with van der Waals surface area (Å²) in [5.41, 5.74) is 1.21. The maximum Gasteiger partial charge on any atom is 0.265 e. The van der Waals surface area contributed by atoms with Crippen LogP contribution >= 0.6 is 11.6 Å².